The van der Waals surface area contributed by atoms with Crippen molar-refractivity contribution in [1.82, 2.24) is 5.32 Å². The molecule has 0 bridgehead atoms. The Hall–Kier alpha value is -2.49. The number of aryl methyl sites for hydroxylation is 1. The number of carbonyl (C=O) groups excluding carboxylic acids is 1. The van der Waals surface area contributed by atoms with Crippen molar-refractivity contribution in [1.29, 1.82) is 0 Å². The van der Waals surface area contributed by atoms with E-state index in [0.29, 0.717) is 13.0 Å². The van der Waals surface area contributed by atoms with E-state index in [1.807, 2.05) is 24.3 Å². The number of nitrogens with zero attached hydrogens (tertiary/aromatic N) is 1. The minimum Gasteiger partial charge on any atom is -0.497 e. The summed E-state index contributed by atoms with van der Waals surface area (Å²) in [6.07, 6.45) is 4.73. The van der Waals surface area contributed by atoms with E-state index < -0.39 is 0 Å². The fraction of sp³-hybridized carbons (Fsp3) is 0.409. The highest BCUT2D eigenvalue weighted by Crippen LogP contribution is 2.20. The van der Waals surface area contributed by atoms with Gasteiger partial charge < -0.3 is 15.0 Å². The summed E-state index contributed by atoms with van der Waals surface area (Å²) < 4.78 is 5.14. The topological polar surface area (TPSA) is 41.6 Å². The minimum atomic E-state index is 0.106. The lowest BCUT2D eigenvalue weighted by Crippen LogP contribution is -2.25. The number of ether oxygens (including phenoxy) is 1. The lowest BCUT2D eigenvalue weighted by Gasteiger charge is -2.17. The Balaban J connectivity index is 1.36. The maximum absolute atomic E-state index is 12.0. The molecule has 1 fully saturated rings. The standard InChI is InChI=1S/C22H28N2O2/c1-26-21-11-6-18(7-12-21)8-13-22(25)23-15-14-19-4-9-20(10-5-19)24-16-2-3-17-24/h4-7,9-12H,2-3,8,13-17H2,1H3,(H,23,25). The van der Waals surface area contributed by atoms with E-state index in [4.69, 9.17) is 4.74 Å². The van der Waals surface area contributed by atoms with Crippen molar-refractivity contribution >= 4 is 11.6 Å². The van der Waals surface area contributed by atoms with Gasteiger partial charge in [-0.3, -0.25) is 4.79 Å². The van der Waals surface area contributed by atoms with Gasteiger partial charge in [-0.1, -0.05) is 24.3 Å². The van der Waals surface area contributed by atoms with Crippen LogP contribution in [0.4, 0.5) is 5.69 Å². The molecule has 0 spiro atoms. The van der Waals surface area contributed by atoms with Crippen molar-refractivity contribution in [2.75, 3.05) is 31.6 Å². The lowest BCUT2D eigenvalue weighted by molar-refractivity contribution is -0.121. The van der Waals surface area contributed by atoms with E-state index in [0.717, 1.165) is 24.2 Å². The quantitative estimate of drug-likeness (QED) is 0.789. The smallest absolute Gasteiger partial charge is 0.220 e. The maximum atomic E-state index is 12.0. The molecule has 0 radical (unpaired) electrons. The first-order chi connectivity index (χ1) is 12.7. The molecule has 1 amide bonds. The monoisotopic (exact) mass is 352 g/mol. The Bertz CT molecular complexity index is 689. The van der Waals surface area contributed by atoms with Crippen LogP contribution >= 0.6 is 0 Å². The number of hydrogen-bond acceptors (Lipinski definition) is 3. The Morgan fingerprint density at radius 1 is 0.962 bits per heavy atom. The number of rotatable bonds is 8. The second-order valence-corrected chi connectivity index (χ2v) is 6.81. The van der Waals surface area contributed by atoms with E-state index in [1.165, 1.54) is 37.2 Å². The fourth-order valence-corrected chi connectivity index (χ4v) is 3.33. The van der Waals surface area contributed by atoms with Crippen molar-refractivity contribution in [3.05, 3.63) is 59.7 Å². The van der Waals surface area contributed by atoms with Crippen LogP contribution in [0.5, 0.6) is 5.75 Å². The molecule has 0 unspecified atom stereocenters. The van der Waals surface area contributed by atoms with Crippen LogP contribution in [0.25, 0.3) is 0 Å². The zero-order chi connectivity index (χ0) is 18.2. The number of benzene rings is 2. The fourth-order valence-electron chi connectivity index (χ4n) is 3.33. The molecule has 3 rings (SSSR count). The molecule has 4 heteroatoms. The number of carbonyl (C=O) groups is 1. The van der Waals surface area contributed by atoms with E-state index in [-0.39, 0.29) is 5.91 Å². The summed E-state index contributed by atoms with van der Waals surface area (Å²) in [5, 5.41) is 3.02. The predicted molar refractivity (Wildman–Crippen MR) is 106 cm³/mol. The van der Waals surface area contributed by atoms with Crippen LogP contribution in [0.2, 0.25) is 0 Å². The van der Waals surface area contributed by atoms with E-state index in [1.54, 1.807) is 7.11 Å². The molecule has 2 aromatic rings. The van der Waals surface area contributed by atoms with Crippen LogP contribution < -0.4 is 15.0 Å². The highest BCUT2D eigenvalue weighted by atomic mass is 16.5. The highest BCUT2D eigenvalue weighted by Gasteiger charge is 2.11. The van der Waals surface area contributed by atoms with Gasteiger partial charge in [-0.25, -0.2) is 0 Å². The van der Waals surface area contributed by atoms with Gasteiger partial charge in [0.05, 0.1) is 7.11 Å². The summed E-state index contributed by atoms with van der Waals surface area (Å²) in [6.45, 7) is 3.03. The molecule has 26 heavy (non-hydrogen) atoms. The molecule has 1 heterocycles. The summed E-state index contributed by atoms with van der Waals surface area (Å²) in [6, 6.07) is 16.6. The third-order valence-electron chi connectivity index (χ3n) is 4.94. The normalized spacial score (nSPS) is 13.7. The summed E-state index contributed by atoms with van der Waals surface area (Å²) >= 11 is 0. The number of methoxy groups -OCH3 is 1. The number of hydrogen-bond donors (Lipinski definition) is 1. The van der Waals surface area contributed by atoms with Gasteiger partial charge in [-0.15, -0.1) is 0 Å². The van der Waals surface area contributed by atoms with Crippen molar-refractivity contribution in [3.8, 4) is 5.75 Å². The van der Waals surface area contributed by atoms with E-state index in [2.05, 4.69) is 34.5 Å². The van der Waals surface area contributed by atoms with Crippen LogP contribution in [0.1, 0.15) is 30.4 Å². The molecule has 1 aliphatic heterocycles. The number of amides is 1. The highest BCUT2D eigenvalue weighted by molar-refractivity contribution is 5.76. The van der Waals surface area contributed by atoms with Crippen LogP contribution in [-0.4, -0.2) is 32.7 Å². The largest absolute Gasteiger partial charge is 0.497 e. The van der Waals surface area contributed by atoms with Gasteiger partial charge in [0.2, 0.25) is 5.91 Å². The molecule has 1 saturated heterocycles. The Kier molecular flexibility index (Phi) is 6.53. The molecular weight excluding hydrogens is 324 g/mol. The third kappa shape index (κ3) is 5.25. The Morgan fingerprint density at radius 3 is 2.23 bits per heavy atom. The average Bonchev–Trinajstić information content (AvgIpc) is 3.22. The zero-order valence-electron chi connectivity index (χ0n) is 15.5. The second-order valence-electron chi connectivity index (χ2n) is 6.81. The zero-order valence-corrected chi connectivity index (χ0v) is 15.5. The average molecular weight is 352 g/mol. The molecule has 0 atom stereocenters. The van der Waals surface area contributed by atoms with Crippen LogP contribution in [-0.2, 0) is 17.6 Å². The summed E-state index contributed by atoms with van der Waals surface area (Å²) in [4.78, 5) is 14.5. The third-order valence-corrected chi connectivity index (χ3v) is 4.94. The molecular formula is C22H28N2O2. The second kappa shape index (κ2) is 9.27. The number of nitrogens with one attached hydrogen (secondary N) is 1. The molecule has 0 aliphatic carbocycles. The Morgan fingerprint density at radius 2 is 1.58 bits per heavy atom. The van der Waals surface area contributed by atoms with Crippen LogP contribution in [0.3, 0.4) is 0 Å². The SMILES string of the molecule is COc1ccc(CCC(=O)NCCc2ccc(N3CCCC3)cc2)cc1. The molecule has 2 aromatic carbocycles. The molecule has 4 nitrogen and oxygen atoms in total. The van der Waals surface area contributed by atoms with Gasteiger partial charge in [0.25, 0.3) is 0 Å². The van der Waals surface area contributed by atoms with Gasteiger partial charge in [0.15, 0.2) is 0 Å². The van der Waals surface area contributed by atoms with Gasteiger partial charge in [-0.2, -0.15) is 0 Å². The van der Waals surface area contributed by atoms with Crippen molar-refractivity contribution < 1.29 is 9.53 Å². The van der Waals surface area contributed by atoms with Gasteiger partial charge in [0, 0.05) is 31.7 Å². The van der Waals surface area contributed by atoms with E-state index >= 15 is 0 Å². The van der Waals surface area contributed by atoms with Crippen molar-refractivity contribution in [2.24, 2.45) is 0 Å². The first kappa shape index (κ1) is 18.3. The van der Waals surface area contributed by atoms with Gasteiger partial charge >= 0.3 is 0 Å². The van der Waals surface area contributed by atoms with Crippen LogP contribution in [0, 0.1) is 0 Å². The summed E-state index contributed by atoms with van der Waals surface area (Å²) in [7, 11) is 1.66. The lowest BCUT2D eigenvalue weighted by atomic mass is 10.1. The van der Waals surface area contributed by atoms with Gasteiger partial charge in [0.1, 0.15) is 5.75 Å². The molecule has 138 valence electrons. The maximum Gasteiger partial charge on any atom is 0.220 e. The number of anilines is 1. The summed E-state index contributed by atoms with van der Waals surface area (Å²) in [5.41, 5.74) is 3.73. The van der Waals surface area contributed by atoms with Gasteiger partial charge in [-0.05, 0) is 61.1 Å². The molecule has 0 saturated carbocycles. The van der Waals surface area contributed by atoms with Crippen molar-refractivity contribution in [2.45, 2.75) is 32.1 Å². The summed E-state index contributed by atoms with van der Waals surface area (Å²) in [5.74, 6) is 0.948. The first-order valence-corrected chi connectivity index (χ1v) is 9.48. The minimum absolute atomic E-state index is 0.106. The van der Waals surface area contributed by atoms with Crippen LogP contribution in [0.15, 0.2) is 48.5 Å². The first-order valence-electron chi connectivity index (χ1n) is 9.48. The van der Waals surface area contributed by atoms with E-state index in [9.17, 15) is 4.79 Å². The molecule has 0 aromatic heterocycles. The Labute approximate surface area is 156 Å². The molecule has 1 N–H and O–H groups in total. The molecule has 1 aliphatic rings. The van der Waals surface area contributed by atoms with Crippen molar-refractivity contribution in [3.63, 3.8) is 0 Å². The predicted octanol–water partition coefficient (Wildman–Crippen LogP) is 3.59.